The Morgan fingerprint density at radius 2 is 2.28 bits per heavy atom. The molecule has 2 nitrogen and oxygen atoms in total. The van der Waals surface area contributed by atoms with Gasteiger partial charge < -0.3 is 4.74 Å². The van der Waals surface area contributed by atoms with E-state index in [4.69, 9.17) is 4.74 Å². The van der Waals surface area contributed by atoms with Gasteiger partial charge in [-0.1, -0.05) is 40.7 Å². The first-order valence-corrected chi connectivity index (χ1v) is 9.43. The van der Waals surface area contributed by atoms with E-state index in [1.807, 2.05) is 46.5 Å². The van der Waals surface area contributed by atoms with Crippen LogP contribution in [0.4, 0.5) is 0 Å². The molecule has 0 radical (unpaired) electrons. The van der Waals surface area contributed by atoms with Crippen molar-refractivity contribution in [2.24, 2.45) is 0 Å². The second-order valence-electron chi connectivity index (χ2n) is 3.48. The van der Waals surface area contributed by atoms with Crippen molar-refractivity contribution in [3.05, 3.63) is 35.7 Å². The molecule has 0 aliphatic carbocycles. The highest BCUT2D eigenvalue weighted by molar-refractivity contribution is 8.77. The van der Waals surface area contributed by atoms with E-state index in [9.17, 15) is 4.21 Å². The van der Waals surface area contributed by atoms with Crippen molar-refractivity contribution in [2.75, 3.05) is 18.6 Å². The van der Waals surface area contributed by atoms with Crippen LogP contribution in [-0.2, 0) is 10.8 Å². The average Bonchev–Trinajstić information content (AvgIpc) is 2.42. The maximum absolute atomic E-state index is 12.0. The lowest BCUT2D eigenvalue weighted by Crippen LogP contribution is -1.95. The normalized spacial score (nSPS) is 12.8. The Balaban J connectivity index is 2.40. The third-order valence-electron chi connectivity index (χ3n) is 2.06. The van der Waals surface area contributed by atoms with Crippen molar-refractivity contribution in [1.82, 2.24) is 0 Å². The monoisotopic (exact) mass is 302 g/mol. The zero-order valence-electron chi connectivity index (χ0n) is 10.6. The van der Waals surface area contributed by atoms with Crippen LogP contribution in [0.2, 0.25) is 0 Å². The van der Waals surface area contributed by atoms with Crippen LogP contribution in [0.5, 0.6) is 5.75 Å². The zero-order chi connectivity index (χ0) is 13.2. The lowest BCUT2D eigenvalue weighted by molar-refractivity contribution is 0.413. The fourth-order valence-corrected chi connectivity index (χ4v) is 4.02. The summed E-state index contributed by atoms with van der Waals surface area (Å²) in [7, 11) is 4.14. The van der Waals surface area contributed by atoms with E-state index in [1.165, 1.54) is 6.42 Å². The number of rotatable bonds is 8. The van der Waals surface area contributed by atoms with Crippen LogP contribution in [0.15, 0.2) is 40.6 Å². The smallest absolute Gasteiger partial charge is 0.120 e. The van der Waals surface area contributed by atoms with Gasteiger partial charge in [0.2, 0.25) is 0 Å². The van der Waals surface area contributed by atoms with E-state index in [1.54, 1.807) is 17.9 Å². The van der Waals surface area contributed by atoms with Gasteiger partial charge in [0.25, 0.3) is 0 Å². The molecule has 18 heavy (non-hydrogen) atoms. The van der Waals surface area contributed by atoms with Crippen molar-refractivity contribution in [2.45, 2.75) is 18.2 Å². The fraction of sp³-hybridized carbons (Fsp3) is 0.385. The molecule has 0 N–H and O–H groups in total. The SMILES string of the molecule is CCCSS/C=C\CS(=O)c1cccc(OC)c1. The second kappa shape index (κ2) is 9.53. The molecule has 0 bridgehead atoms. The molecule has 0 spiro atoms. The molecular formula is C13H18O2S3. The first-order valence-electron chi connectivity index (χ1n) is 5.73. The molecule has 0 fully saturated rings. The molecule has 0 aromatic heterocycles. The second-order valence-corrected chi connectivity index (χ2v) is 7.37. The lowest BCUT2D eigenvalue weighted by Gasteiger charge is -2.02. The molecule has 0 amide bonds. The summed E-state index contributed by atoms with van der Waals surface area (Å²) in [6.07, 6.45) is 3.14. The molecule has 0 saturated heterocycles. The van der Waals surface area contributed by atoms with Crippen molar-refractivity contribution in [1.29, 1.82) is 0 Å². The summed E-state index contributed by atoms with van der Waals surface area (Å²) in [6.45, 7) is 2.16. The molecule has 0 saturated carbocycles. The molecule has 1 rings (SSSR count). The molecule has 5 heteroatoms. The molecular weight excluding hydrogens is 284 g/mol. The summed E-state index contributed by atoms with van der Waals surface area (Å²) in [4.78, 5) is 0.810. The van der Waals surface area contributed by atoms with Gasteiger partial charge in [-0.05, 0) is 30.0 Å². The maximum atomic E-state index is 12.0. The Bertz CT molecular complexity index is 405. The molecule has 0 heterocycles. The quantitative estimate of drug-likeness (QED) is 0.533. The molecule has 0 aliphatic rings. The molecule has 1 aromatic rings. The van der Waals surface area contributed by atoms with E-state index >= 15 is 0 Å². The largest absolute Gasteiger partial charge is 0.497 e. The van der Waals surface area contributed by atoms with Crippen molar-refractivity contribution in [3.8, 4) is 5.75 Å². The summed E-state index contributed by atoms with van der Waals surface area (Å²) >= 11 is 0. The van der Waals surface area contributed by atoms with Crippen LogP contribution in [0, 0.1) is 0 Å². The number of ether oxygens (including phenoxy) is 1. The average molecular weight is 302 g/mol. The van der Waals surface area contributed by atoms with E-state index in [2.05, 4.69) is 6.92 Å². The van der Waals surface area contributed by atoms with Crippen LogP contribution >= 0.6 is 21.6 Å². The first-order chi connectivity index (χ1) is 8.77. The maximum Gasteiger partial charge on any atom is 0.120 e. The molecule has 100 valence electrons. The predicted octanol–water partition coefficient (Wildman–Crippen LogP) is 4.11. The van der Waals surface area contributed by atoms with Gasteiger partial charge in [0.1, 0.15) is 5.75 Å². The minimum Gasteiger partial charge on any atom is -0.497 e. The fourth-order valence-electron chi connectivity index (χ4n) is 1.18. The van der Waals surface area contributed by atoms with Crippen molar-refractivity contribution >= 4 is 32.4 Å². The summed E-state index contributed by atoms with van der Waals surface area (Å²) in [5.41, 5.74) is 0. The van der Waals surface area contributed by atoms with E-state index in [-0.39, 0.29) is 0 Å². The molecule has 1 aromatic carbocycles. The van der Waals surface area contributed by atoms with Gasteiger partial charge in [-0.3, -0.25) is 4.21 Å². The van der Waals surface area contributed by atoms with Gasteiger partial charge in [-0.25, -0.2) is 0 Å². The van der Waals surface area contributed by atoms with Crippen LogP contribution < -0.4 is 4.74 Å². The summed E-state index contributed by atoms with van der Waals surface area (Å²) in [5, 5.41) is 2.01. The molecule has 1 atom stereocenters. The Hall–Kier alpha value is -0.390. The molecule has 0 aliphatic heterocycles. The summed E-state index contributed by atoms with van der Waals surface area (Å²) < 4.78 is 17.1. The summed E-state index contributed by atoms with van der Waals surface area (Å²) in [6, 6.07) is 7.41. The van der Waals surface area contributed by atoms with Crippen LogP contribution in [0.1, 0.15) is 13.3 Å². The zero-order valence-corrected chi connectivity index (χ0v) is 13.1. The highest BCUT2D eigenvalue weighted by atomic mass is 33.1. The van der Waals surface area contributed by atoms with Gasteiger partial charge in [-0.15, -0.1) is 0 Å². The number of benzene rings is 1. The van der Waals surface area contributed by atoms with Crippen LogP contribution in [0.3, 0.4) is 0 Å². The highest BCUT2D eigenvalue weighted by Gasteiger charge is 2.02. The topological polar surface area (TPSA) is 26.3 Å². The van der Waals surface area contributed by atoms with Gasteiger partial charge in [-0.2, -0.15) is 0 Å². The van der Waals surface area contributed by atoms with Crippen molar-refractivity contribution in [3.63, 3.8) is 0 Å². The predicted molar refractivity (Wildman–Crippen MR) is 83.7 cm³/mol. The number of hydrogen-bond acceptors (Lipinski definition) is 4. The Morgan fingerprint density at radius 1 is 1.44 bits per heavy atom. The standard InChI is InChI=1S/C13H18O2S3/c1-3-8-16-17-9-5-10-18(14)13-7-4-6-12(11-13)15-2/h4-7,9,11H,3,8,10H2,1-2H3/b9-5-. The third kappa shape index (κ3) is 5.98. The van der Waals surface area contributed by atoms with Gasteiger partial charge >= 0.3 is 0 Å². The first kappa shape index (κ1) is 15.7. The van der Waals surface area contributed by atoms with E-state index in [0.29, 0.717) is 5.75 Å². The minimum absolute atomic E-state index is 0.548. The van der Waals surface area contributed by atoms with Crippen LogP contribution in [-0.4, -0.2) is 22.8 Å². The van der Waals surface area contributed by atoms with Gasteiger partial charge in [0.05, 0.1) is 17.9 Å². The van der Waals surface area contributed by atoms with Gasteiger partial charge in [0.15, 0.2) is 0 Å². The Kier molecular flexibility index (Phi) is 8.29. The summed E-state index contributed by atoms with van der Waals surface area (Å²) in [5.74, 6) is 2.44. The number of hydrogen-bond donors (Lipinski definition) is 0. The van der Waals surface area contributed by atoms with Crippen LogP contribution in [0.25, 0.3) is 0 Å². The minimum atomic E-state index is -0.992. The molecule has 1 unspecified atom stereocenters. The van der Waals surface area contributed by atoms with E-state index < -0.39 is 10.8 Å². The number of methoxy groups -OCH3 is 1. The Morgan fingerprint density at radius 3 is 3.00 bits per heavy atom. The highest BCUT2D eigenvalue weighted by Crippen LogP contribution is 2.23. The van der Waals surface area contributed by atoms with Gasteiger partial charge in [0, 0.05) is 16.4 Å². The third-order valence-corrected chi connectivity index (χ3v) is 5.59. The lowest BCUT2D eigenvalue weighted by atomic mass is 10.3. The van der Waals surface area contributed by atoms with Crippen molar-refractivity contribution < 1.29 is 8.95 Å². The van der Waals surface area contributed by atoms with E-state index in [0.717, 1.165) is 16.4 Å². The Labute approximate surface area is 119 Å².